The molecule has 0 saturated heterocycles. The summed E-state index contributed by atoms with van der Waals surface area (Å²) < 4.78 is 20.8. The number of pyridine rings is 1. The van der Waals surface area contributed by atoms with Gasteiger partial charge in [-0.2, -0.15) is 5.26 Å². The van der Waals surface area contributed by atoms with Gasteiger partial charge in [0.25, 0.3) is 5.91 Å². The third-order valence-corrected chi connectivity index (χ3v) is 7.48. The number of ether oxygens (including phenoxy) is 1. The molecule has 1 fully saturated rings. The predicted octanol–water partition coefficient (Wildman–Crippen LogP) is 5.61. The number of nitrogens with one attached hydrogen (secondary N) is 1. The van der Waals surface area contributed by atoms with E-state index in [2.05, 4.69) is 10.3 Å². The molecular weight excluding hydrogens is 479 g/mol. The summed E-state index contributed by atoms with van der Waals surface area (Å²) in [5.74, 6) is -0.326. The fourth-order valence-electron chi connectivity index (χ4n) is 4.78. The summed E-state index contributed by atoms with van der Waals surface area (Å²) in [6.07, 6.45) is 4.92. The number of hydrogen-bond acceptors (Lipinski definition) is 7. The molecule has 1 aromatic heterocycles. The number of rotatable bonds is 5. The van der Waals surface area contributed by atoms with Crippen molar-refractivity contribution in [2.24, 2.45) is 10.9 Å². The number of nitriles is 1. The van der Waals surface area contributed by atoms with Crippen LogP contribution in [-0.2, 0) is 15.1 Å². The van der Waals surface area contributed by atoms with Gasteiger partial charge in [-0.25, -0.2) is 9.37 Å². The van der Waals surface area contributed by atoms with E-state index >= 15 is 4.39 Å². The summed E-state index contributed by atoms with van der Waals surface area (Å²) in [6, 6.07) is 9.47. The maximum Gasteiger partial charge on any atom is 0.312 e. The Labute approximate surface area is 214 Å². The quantitative estimate of drug-likeness (QED) is 0.527. The van der Waals surface area contributed by atoms with E-state index in [0.29, 0.717) is 28.3 Å². The highest BCUT2D eigenvalue weighted by atomic mass is 32.2. The van der Waals surface area contributed by atoms with Crippen LogP contribution in [0.2, 0.25) is 0 Å². The van der Waals surface area contributed by atoms with Crippen LogP contribution in [0.15, 0.2) is 41.5 Å². The molecule has 4 rings (SSSR count). The van der Waals surface area contributed by atoms with E-state index in [1.807, 2.05) is 26.8 Å². The second kappa shape index (κ2) is 10.4. The third kappa shape index (κ3) is 5.76. The number of halogens is 1. The number of carbonyl (C=O) groups is 2. The summed E-state index contributed by atoms with van der Waals surface area (Å²) in [5.41, 5.74) is -0.0141. The van der Waals surface area contributed by atoms with Crippen LogP contribution >= 0.6 is 11.8 Å². The monoisotopic (exact) mass is 508 g/mol. The van der Waals surface area contributed by atoms with E-state index in [9.17, 15) is 9.59 Å². The summed E-state index contributed by atoms with van der Waals surface area (Å²) in [6.45, 7) is 5.46. The first-order valence-corrected chi connectivity index (χ1v) is 13.0. The SMILES string of the molecule is CC(C)(C)OC(=O)CC1=N[C@@]2(c3cc(NC(=O)c4ccc(C#N)cn4)ccc3F)CCCC[C@H]2CS1. The molecule has 1 amide bonds. The topological polar surface area (TPSA) is 104 Å². The Hall–Kier alpha value is -3.25. The fourth-order valence-corrected chi connectivity index (χ4v) is 6.06. The summed E-state index contributed by atoms with van der Waals surface area (Å²) >= 11 is 1.54. The average Bonchev–Trinajstić information content (AvgIpc) is 2.83. The van der Waals surface area contributed by atoms with Crippen molar-refractivity contribution in [2.75, 3.05) is 11.1 Å². The molecule has 188 valence electrons. The molecule has 1 aliphatic heterocycles. The minimum atomic E-state index is -0.793. The Kier molecular flexibility index (Phi) is 7.46. The molecule has 2 aromatic rings. The van der Waals surface area contributed by atoms with Gasteiger partial charge in [0, 0.05) is 23.2 Å². The standard InChI is InChI=1S/C27H29FN4O3S/c1-26(2,3)35-24(33)13-23-32-27(11-5-4-6-18(27)16-36-23)20-12-19(8-9-21(20)28)31-25(34)22-10-7-17(14-29)15-30-22/h7-10,12,15,18H,4-6,11,13,16H2,1-3H3,(H,31,34)/t18-,27-/m0/s1. The molecule has 2 aliphatic rings. The first-order chi connectivity index (χ1) is 17.1. The summed E-state index contributed by atoms with van der Waals surface area (Å²) in [5, 5.41) is 12.4. The van der Waals surface area contributed by atoms with Crippen molar-refractivity contribution in [1.29, 1.82) is 5.26 Å². The van der Waals surface area contributed by atoms with E-state index in [1.165, 1.54) is 30.5 Å². The molecule has 0 bridgehead atoms. The van der Waals surface area contributed by atoms with Crippen LogP contribution in [-0.4, -0.2) is 33.3 Å². The van der Waals surface area contributed by atoms with E-state index in [0.717, 1.165) is 25.0 Å². The van der Waals surface area contributed by atoms with E-state index in [4.69, 9.17) is 15.0 Å². The Morgan fingerprint density at radius 1 is 1.28 bits per heavy atom. The maximum atomic E-state index is 15.4. The van der Waals surface area contributed by atoms with Crippen LogP contribution in [0.4, 0.5) is 10.1 Å². The van der Waals surface area contributed by atoms with Crippen LogP contribution < -0.4 is 5.32 Å². The van der Waals surface area contributed by atoms with Gasteiger partial charge in [0.15, 0.2) is 0 Å². The molecule has 7 nitrogen and oxygen atoms in total. The van der Waals surface area contributed by atoms with Crippen molar-refractivity contribution in [1.82, 2.24) is 4.98 Å². The Balaban J connectivity index is 1.64. The number of nitrogens with zero attached hydrogens (tertiary/aromatic N) is 3. The zero-order valence-corrected chi connectivity index (χ0v) is 21.5. The van der Waals surface area contributed by atoms with Gasteiger partial charge in [-0.1, -0.05) is 12.8 Å². The lowest BCUT2D eigenvalue weighted by molar-refractivity contribution is -0.153. The zero-order valence-electron chi connectivity index (χ0n) is 20.6. The summed E-state index contributed by atoms with van der Waals surface area (Å²) in [7, 11) is 0. The normalized spacial score (nSPS) is 21.5. The van der Waals surface area contributed by atoms with E-state index in [-0.39, 0.29) is 29.8 Å². The molecule has 0 spiro atoms. The van der Waals surface area contributed by atoms with Crippen LogP contribution in [0, 0.1) is 23.1 Å². The fraction of sp³-hybridized carbons (Fsp3) is 0.444. The van der Waals surface area contributed by atoms with Crippen molar-refractivity contribution in [3.63, 3.8) is 0 Å². The highest BCUT2D eigenvalue weighted by Crippen LogP contribution is 2.50. The maximum absolute atomic E-state index is 15.4. The van der Waals surface area contributed by atoms with E-state index < -0.39 is 17.0 Å². The summed E-state index contributed by atoms with van der Waals surface area (Å²) in [4.78, 5) is 34.2. The predicted molar refractivity (Wildman–Crippen MR) is 137 cm³/mol. The van der Waals surface area contributed by atoms with Gasteiger partial charge in [-0.3, -0.25) is 14.6 Å². The second-order valence-corrected chi connectivity index (χ2v) is 11.2. The largest absolute Gasteiger partial charge is 0.460 e. The van der Waals surface area contributed by atoms with Gasteiger partial charge in [0.05, 0.1) is 22.6 Å². The molecule has 1 aliphatic carbocycles. The first-order valence-electron chi connectivity index (χ1n) is 12.0. The molecular formula is C27H29FN4O3S. The van der Waals surface area contributed by atoms with Crippen LogP contribution in [0.25, 0.3) is 0 Å². The van der Waals surface area contributed by atoms with Crippen LogP contribution in [0.3, 0.4) is 0 Å². The number of carbonyl (C=O) groups excluding carboxylic acids is 2. The Bertz CT molecular complexity index is 1230. The van der Waals surface area contributed by atoms with E-state index in [1.54, 1.807) is 17.8 Å². The first kappa shape index (κ1) is 25.8. The number of aliphatic imine (C=N–C) groups is 1. The third-order valence-electron chi connectivity index (χ3n) is 6.34. The Morgan fingerprint density at radius 3 is 2.78 bits per heavy atom. The van der Waals surface area contributed by atoms with Gasteiger partial charge in [-0.05, 0) is 69.9 Å². The number of amides is 1. The molecule has 36 heavy (non-hydrogen) atoms. The van der Waals surface area contributed by atoms with Crippen molar-refractivity contribution in [3.05, 3.63) is 59.2 Å². The second-order valence-electron chi connectivity index (χ2n) is 10.1. The number of fused-ring (bicyclic) bond motifs is 1. The number of benzene rings is 1. The van der Waals surface area contributed by atoms with Crippen LogP contribution in [0.5, 0.6) is 0 Å². The molecule has 2 heterocycles. The van der Waals surface area contributed by atoms with Gasteiger partial charge >= 0.3 is 5.97 Å². The number of anilines is 1. The molecule has 1 N–H and O–H groups in total. The number of aromatic nitrogens is 1. The minimum absolute atomic E-state index is 0.0544. The highest BCUT2D eigenvalue weighted by Gasteiger charge is 2.46. The highest BCUT2D eigenvalue weighted by molar-refractivity contribution is 8.14. The minimum Gasteiger partial charge on any atom is -0.460 e. The van der Waals surface area contributed by atoms with Crippen molar-refractivity contribution in [3.8, 4) is 6.07 Å². The molecule has 1 aromatic carbocycles. The lowest BCUT2D eigenvalue weighted by atomic mass is 9.69. The molecule has 2 atom stereocenters. The lowest BCUT2D eigenvalue weighted by Gasteiger charge is -2.45. The lowest BCUT2D eigenvalue weighted by Crippen LogP contribution is -2.42. The van der Waals surface area contributed by atoms with Gasteiger partial charge < -0.3 is 10.1 Å². The number of hydrogen-bond donors (Lipinski definition) is 1. The van der Waals surface area contributed by atoms with Crippen molar-refractivity contribution >= 4 is 34.4 Å². The van der Waals surface area contributed by atoms with Gasteiger partial charge in [0.1, 0.15) is 23.2 Å². The van der Waals surface area contributed by atoms with Crippen LogP contribution in [0.1, 0.15) is 74.5 Å². The molecule has 9 heteroatoms. The average molecular weight is 509 g/mol. The zero-order chi connectivity index (χ0) is 25.9. The van der Waals surface area contributed by atoms with Gasteiger partial charge in [-0.15, -0.1) is 11.8 Å². The smallest absolute Gasteiger partial charge is 0.312 e. The van der Waals surface area contributed by atoms with Crippen molar-refractivity contribution < 1.29 is 18.7 Å². The number of thioether (sulfide) groups is 1. The van der Waals surface area contributed by atoms with Crippen molar-refractivity contribution in [2.45, 2.75) is 64.0 Å². The molecule has 1 saturated carbocycles. The molecule has 0 unspecified atom stereocenters. The Morgan fingerprint density at radius 2 is 2.08 bits per heavy atom. The molecule has 0 radical (unpaired) electrons. The van der Waals surface area contributed by atoms with Gasteiger partial charge in [0.2, 0.25) is 0 Å². The number of esters is 1.